The second-order valence-electron chi connectivity index (χ2n) is 9.35. The monoisotopic (exact) mass is 398 g/mol. The van der Waals surface area contributed by atoms with Gasteiger partial charge in [-0.1, -0.05) is 18.2 Å². The Hall–Kier alpha value is -2.76. The van der Waals surface area contributed by atoms with Gasteiger partial charge < -0.3 is 9.47 Å². The zero-order valence-corrected chi connectivity index (χ0v) is 18.1. The van der Waals surface area contributed by atoms with E-state index in [0.29, 0.717) is 13.0 Å². The minimum atomic E-state index is -0.584. The third-order valence-electron chi connectivity index (χ3n) is 4.66. The van der Waals surface area contributed by atoms with Crippen LogP contribution in [0.2, 0.25) is 0 Å². The molecule has 2 aromatic rings. The number of carbonyl (C=O) groups is 2. The molecule has 0 fully saturated rings. The van der Waals surface area contributed by atoms with Crippen LogP contribution in [0.1, 0.15) is 58.7 Å². The third-order valence-corrected chi connectivity index (χ3v) is 4.66. The zero-order valence-electron chi connectivity index (χ0n) is 18.1. The van der Waals surface area contributed by atoms with Gasteiger partial charge in [0.15, 0.2) is 0 Å². The van der Waals surface area contributed by atoms with Crippen LogP contribution in [-0.4, -0.2) is 39.4 Å². The summed E-state index contributed by atoms with van der Waals surface area (Å²) < 4.78 is 12.7. The van der Waals surface area contributed by atoms with Gasteiger partial charge in [-0.05, 0) is 65.2 Å². The smallest absolute Gasteiger partial charge is 0.419 e. The van der Waals surface area contributed by atoms with Crippen molar-refractivity contribution in [1.29, 1.82) is 0 Å². The number of ether oxygens (including phenoxy) is 2. The van der Waals surface area contributed by atoms with Crippen molar-refractivity contribution >= 4 is 23.1 Å². The first kappa shape index (κ1) is 21.0. The first-order valence-corrected chi connectivity index (χ1v) is 9.89. The fraction of sp³-hybridized carbons (Fsp3) is 0.478. The maximum Gasteiger partial charge on any atom is 0.419 e. The molecule has 1 amide bonds. The van der Waals surface area contributed by atoms with Crippen LogP contribution in [0.25, 0.3) is 10.9 Å². The number of hydrogen-bond donors (Lipinski definition) is 0. The van der Waals surface area contributed by atoms with Crippen LogP contribution >= 0.6 is 0 Å². The highest BCUT2D eigenvalue weighted by Crippen LogP contribution is 2.37. The number of hydrogen-bond acceptors (Lipinski definition) is 4. The normalized spacial score (nSPS) is 17.0. The van der Waals surface area contributed by atoms with Crippen LogP contribution < -0.4 is 0 Å². The van der Waals surface area contributed by atoms with Crippen molar-refractivity contribution in [2.75, 3.05) is 6.54 Å². The topological polar surface area (TPSA) is 60.8 Å². The fourth-order valence-electron chi connectivity index (χ4n) is 3.62. The van der Waals surface area contributed by atoms with Gasteiger partial charge in [0.1, 0.15) is 11.2 Å². The second kappa shape index (κ2) is 7.25. The summed E-state index contributed by atoms with van der Waals surface area (Å²) in [6.45, 7) is 15.5. The molecule has 156 valence electrons. The highest BCUT2D eigenvalue weighted by Gasteiger charge is 2.33. The predicted octanol–water partition coefficient (Wildman–Crippen LogP) is 5.44. The van der Waals surface area contributed by atoms with E-state index in [-0.39, 0.29) is 12.1 Å². The molecule has 0 N–H and O–H groups in total. The number of nitrogens with zero attached hydrogens (tertiary/aromatic N) is 2. The number of benzene rings is 1. The summed E-state index contributed by atoms with van der Waals surface area (Å²) >= 11 is 0. The van der Waals surface area contributed by atoms with Crippen molar-refractivity contribution in [3.8, 4) is 0 Å². The lowest BCUT2D eigenvalue weighted by atomic mass is 10.00. The Labute approximate surface area is 172 Å². The van der Waals surface area contributed by atoms with Crippen molar-refractivity contribution in [3.05, 3.63) is 48.2 Å². The van der Waals surface area contributed by atoms with E-state index < -0.39 is 17.3 Å². The summed E-state index contributed by atoms with van der Waals surface area (Å²) in [5.41, 5.74) is 1.53. The molecule has 1 atom stereocenters. The van der Waals surface area contributed by atoms with Gasteiger partial charge in [0.25, 0.3) is 0 Å². The Bertz CT molecular complexity index is 960. The van der Waals surface area contributed by atoms with Gasteiger partial charge in [-0.25, -0.2) is 9.59 Å². The molecule has 1 aliphatic rings. The largest absolute Gasteiger partial charge is 0.444 e. The van der Waals surface area contributed by atoms with E-state index in [9.17, 15) is 9.59 Å². The Morgan fingerprint density at radius 2 is 1.69 bits per heavy atom. The molecule has 0 radical (unpaired) electrons. The molecule has 1 aliphatic heterocycles. The third kappa shape index (κ3) is 4.31. The van der Waals surface area contributed by atoms with Crippen molar-refractivity contribution < 1.29 is 19.1 Å². The quantitative estimate of drug-likeness (QED) is 0.600. The van der Waals surface area contributed by atoms with Gasteiger partial charge in [-0.2, -0.15) is 0 Å². The summed E-state index contributed by atoms with van der Waals surface area (Å²) in [4.78, 5) is 27.3. The van der Waals surface area contributed by atoms with E-state index >= 15 is 0 Å². The van der Waals surface area contributed by atoms with Crippen LogP contribution in [0.4, 0.5) is 9.59 Å². The summed E-state index contributed by atoms with van der Waals surface area (Å²) in [7, 11) is 0. The lowest BCUT2D eigenvalue weighted by Gasteiger charge is -2.31. The molecule has 1 aromatic heterocycles. The molecule has 3 rings (SSSR count). The SMILES string of the molecule is C=C[C@@H]1c2cccc3c2c(cn3C(=O)OC(C)(C)C)CCN1C(=O)OC(C)(C)C. The zero-order chi connectivity index (χ0) is 21.6. The van der Waals surface area contributed by atoms with Gasteiger partial charge in [0, 0.05) is 18.1 Å². The first-order chi connectivity index (χ1) is 13.4. The number of carbonyl (C=O) groups excluding carboxylic acids is 2. The van der Waals surface area contributed by atoms with E-state index in [1.807, 2.05) is 65.9 Å². The van der Waals surface area contributed by atoms with Crippen molar-refractivity contribution in [3.63, 3.8) is 0 Å². The molecule has 29 heavy (non-hydrogen) atoms. The second-order valence-corrected chi connectivity index (χ2v) is 9.35. The molecule has 0 aliphatic carbocycles. The molecular formula is C23H30N2O4. The van der Waals surface area contributed by atoms with Gasteiger partial charge >= 0.3 is 12.2 Å². The summed E-state index contributed by atoms with van der Waals surface area (Å²) in [5, 5.41) is 0.967. The maximum atomic E-state index is 12.8. The standard InChI is InChI=1S/C23H30N2O4/c1-8-17-16-10-9-11-18-19(16)15(14-25(18)21(27)29-23(5,6)7)12-13-24(17)20(26)28-22(2,3)4/h8-11,14,17H,1,12-13H2,2-7H3/t17-/m1/s1. The van der Waals surface area contributed by atoms with E-state index in [1.165, 1.54) is 0 Å². The molecule has 0 bridgehead atoms. The van der Waals surface area contributed by atoms with Gasteiger partial charge in [0.2, 0.25) is 0 Å². The minimum absolute atomic E-state index is 0.343. The number of aromatic nitrogens is 1. The van der Waals surface area contributed by atoms with Crippen LogP contribution in [0, 0.1) is 0 Å². The molecule has 0 spiro atoms. The summed E-state index contributed by atoms with van der Waals surface area (Å²) in [5.74, 6) is 0. The lowest BCUT2D eigenvalue weighted by molar-refractivity contribution is 0.0202. The van der Waals surface area contributed by atoms with Crippen LogP contribution in [-0.2, 0) is 15.9 Å². The highest BCUT2D eigenvalue weighted by atomic mass is 16.6. The van der Waals surface area contributed by atoms with Gasteiger partial charge in [-0.3, -0.25) is 9.47 Å². The van der Waals surface area contributed by atoms with E-state index in [2.05, 4.69) is 6.58 Å². The summed E-state index contributed by atoms with van der Waals surface area (Å²) in [6, 6.07) is 5.41. The van der Waals surface area contributed by atoms with E-state index in [4.69, 9.17) is 9.47 Å². The minimum Gasteiger partial charge on any atom is -0.444 e. The molecule has 1 aromatic carbocycles. The van der Waals surface area contributed by atoms with Crippen molar-refractivity contribution in [1.82, 2.24) is 9.47 Å². The molecular weight excluding hydrogens is 368 g/mol. The Balaban J connectivity index is 2.07. The molecule has 0 unspecified atom stereocenters. The average Bonchev–Trinajstić information content (AvgIpc) is 2.86. The predicted molar refractivity (Wildman–Crippen MR) is 113 cm³/mol. The van der Waals surface area contributed by atoms with E-state index in [0.717, 1.165) is 22.0 Å². The van der Waals surface area contributed by atoms with Crippen LogP contribution in [0.15, 0.2) is 37.1 Å². The Morgan fingerprint density at radius 3 is 2.28 bits per heavy atom. The molecule has 6 nitrogen and oxygen atoms in total. The van der Waals surface area contributed by atoms with Crippen molar-refractivity contribution in [2.24, 2.45) is 0 Å². The average molecular weight is 399 g/mol. The number of rotatable bonds is 1. The van der Waals surface area contributed by atoms with Gasteiger partial charge in [0.05, 0.1) is 11.6 Å². The summed E-state index contributed by atoms with van der Waals surface area (Å²) in [6.07, 6.45) is 3.39. The maximum absolute atomic E-state index is 12.8. The van der Waals surface area contributed by atoms with Crippen LogP contribution in [0.5, 0.6) is 0 Å². The fourth-order valence-corrected chi connectivity index (χ4v) is 3.62. The van der Waals surface area contributed by atoms with Crippen LogP contribution in [0.3, 0.4) is 0 Å². The highest BCUT2D eigenvalue weighted by molar-refractivity contribution is 5.95. The van der Waals surface area contributed by atoms with E-state index in [1.54, 1.807) is 15.5 Å². The lowest BCUT2D eigenvalue weighted by Crippen LogP contribution is -2.39. The molecule has 0 saturated carbocycles. The Kier molecular flexibility index (Phi) is 5.24. The molecule has 0 saturated heterocycles. The Morgan fingerprint density at radius 1 is 1.07 bits per heavy atom. The first-order valence-electron chi connectivity index (χ1n) is 9.89. The molecule has 2 heterocycles. The molecule has 6 heteroatoms. The van der Waals surface area contributed by atoms with Crippen molar-refractivity contribution in [2.45, 2.75) is 65.2 Å². The number of amides is 1. The van der Waals surface area contributed by atoms with Gasteiger partial charge in [-0.15, -0.1) is 6.58 Å².